The lowest BCUT2D eigenvalue weighted by Gasteiger charge is -2.30. The molecule has 1 aromatic rings. The third-order valence-corrected chi connectivity index (χ3v) is 11.9. The van der Waals surface area contributed by atoms with Crippen molar-refractivity contribution in [3.8, 4) is 0 Å². The lowest BCUT2D eigenvalue weighted by atomic mass is 10.1. The van der Waals surface area contributed by atoms with Crippen LogP contribution in [0.1, 0.15) is 48.9 Å². The fraction of sp³-hybridized carbons (Fsp3) is 0.500. The fourth-order valence-corrected chi connectivity index (χ4v) is 8.52. The Balaban J connectivity index is 2.01. The first-order valence-corrected chi connectivity index (χ1v) is 21.8. The largest absolute Gasteiger partial charge is 0.481 e. The maximum absolute atomic E-state index is 14.0. The second-order valence-electron chi connectivity index (χ2n) is 13.4. The molecule has 23 nitrogen and oxygen atoms in total. The van der Waals surface area contributed by atoms with Gasteiger partial charge in [0, 0.05) is 33.7 Å². The molecule has 60 heavy (non-hydrogen) atoms. The summed E-state index contributed by atoms with van der Waals surface area (Å²) >= 11 is 2.04. The summed E-state index contributed by atoms with van der Waals surface area (Å²) in [5.41, 5.74) is 16.4. The Hall–Kier alpha value is -5.38. The summed E-state index contributed by atoms with van der Waals surface area (Å²) in [6.45, 7) is -0.753. The Bertz CT molecular complexity index is 1840. The number of amides is 8. The molecule has 14 N–H and O–H groups in total. The summed E-state index contributed by atoms with van der Waals surface area (Å²) in [6.07, 6.45) is -1.17. The van der Waals surface area contributed by atoms with Gasteiger partial charge in [-0.25, -0.2) is 4.79 Å². The summed E-state index contributed by atoms with van der Waals surface area (Å²) in [5.74, 6) is -11.3. The minimum absolute atomic E-state index is 0.0120. The molecule has 0 unspecified atom stereocenters. The zero-order chi connectivity index (χ0) is 44.5. The Morgan fingerprint density at radius 1 is 0.833 bits per heavy atom. The van der Waals surface area contributed by atoms with Crippen molar-refractivity contribution in [3.05, 3.63) is 33.4 Å². The molecule has 2 aliphatic rings. The number of hydrogen-bond acceptors (Lipinski definition) is 13. The molecule has 0 spiro atoms. The SMILES string of the molecule is NC(=O)C[C@@H]1NC(=O)[C@@H](NC(=O)c2ccc(I)cc2)CSSC[C@@H](C(=O)O)NC(=O)[C@H](CC(=O)O)NC(=O)CNC(=O)[C@H](CCCN=C(N)N)NC(=O)[C@@H]2CCCN2C1=O. The predicted molar refractivity (Wildman–Crippen MR) is 224 cm³/mol. The van der Waals surface area contributed by atoms with Gasteiger partial charge in [-0.05, 0) is 72.5 Å². The number of guanidine groups is 1. The number of aliphatic carboxylic acids is 2. The van der Waals surface area contributed by atoms with Crippen molar-refractivity contribution in [3.63, 3.8) is 0 Å². The number of rotatable bonds is 11. The van der Waals surface area contributed by atoms with E-state index in [1.165, 1.54) is 12.1 Å². The van der Waals surface area contributed by atoms with E-state index in [0.29, 0.717) is 6.42 Å². The van der Waals surface area contributed by atoms with Crippen LogP contribution in [-0.2, 0) is 43.2 Å². The van der Waals surface area contributed by atoms with Crippen molar-refractivity contribution in [2.75, 3.05) is 31.1 Å². The zero-order valence-electron chi connectivity index (χ0n) is 31.8. The van der Waals surface area contributed by atoms with Gasteiger partial charge in [0.05, 0.1) is 19.4 Å². The molecule has 6 atom stereocenters. The van der Waals surface area contributed by atoms with Gasteiger partial charge in [0.25, 0.3) is 5.91 Å². The zero-order valence-corrected chi connectivity index (χ0v) is 35.6. The smallest absolute Gasteiger partial charge is 0.327 e. The molecule has 328 valence electrons. The molecule has 8 amide bonds. The van der Waals surface area contributed by atoms with E-state index in [1.54, 1.807) is 12.1 Å². The van der Waals surface area contributed by atoms with Crippen LogP contribution < -0.4 is 49.1 Å². The van der Waals surface area contributed by atoms with Crippen LogP contribution in [-0.4, -0.2) is 148 Å². The normalized spacial score (nSPS) is 24.0. The summed E-state index contributed by atoms with van der Waals surface area (Å²) in [6, 6.07) is -2.68. The number of hydrogen-bond donors (Lipinski definition) is 11. The average Bonchev–Trinajstić information content (AvgIpc) is 3.67. The number of carbonyl (C=O) groups excluding carboxylic acids is 8. The summed E-state index contributed by atoms with van der Waals surface area (Å²) < 4.78 is 0.818. The molecule has 0 radical (unpaired) electrons. The molecule has 3 rings (SSSR count). The highest BCUT2D eigenvalue weighted by Gasteiger charge is 2.40. The van der Waals surface area contributed by atoms with Crippen molar-refractivity contribution >= 4 is 109 Å². The van der Waals surface area contributed by atoms with Gasteiger partial charge in [-0.15, -0.1) is 0 Å². The number of carboxylic acids is 2. The van der Waals surface area contributed by atoms with Crippen molar-refractivity contribution < 1.29 is 58.2 Å². The van der Waals surface area contributed by atoms with Crippen molar-refractivity contribution in [2.45, 2.75) is 74.8 Å². The number of benzene rings is 1. The molecule has 2 saturated heterocycles. The van der Waals surface area contributed by atoms with E-state index in [2.05, 4.69) is 36.9 Å². The minimum atomic E-state index is -1.79. The molecule has 2 fully saturated rings. The summed E-state index contributed by atoms with van der Waals surface area (Å²) in [4.78, 5) is 135. The van der Waals surface area contributed by atoms with Crippen LogP contribution >= 0.6 is 44.2 Å². The molecular formula is C34H46IN11O12S2. The highest BCUT2D eigenvalue weighted by molar-refractivity contribution is 14.1. The third-order valence-electron chi connectivity index (χ3n) is 8.79. The Kier molecular flexibility index (Phi) is 19.6. The van der Waals surface area contributed by atoms with Crippen LogP contribution in [0.15, 0.2) is 29.3 Å². The van der Waals surface area contributed by atoms with Crippen molar-refractivity contribution in [2.24, 2.45) is 22.2 Å². The van der Waals surface area contributed by atoms with E-state index in [-0.39, 0.29) is 55.4 Å². The average molecular weight is 992 g/mol. The Morgan fingerprint density at radius 2 is 1.50 bits per heavy atom. The highest BCUT2D eigenvalue weighted by atomic mass is 127. The van der Waals surface area contributed by atoms with E-state index in [9.17, 15) is 58.2 Å². The van der Waals surface area contributed by atoms with Crippen LogP contribution in [0.2, 0.25) is 0 Å². The Morgan fingerprint density at radius 3 is 2.13 bits per heavy atom. The van der Waals surface area contributed by atoms with Gasteiger partial charge in [0.2, 0.25) is 41.4 Å². The topological polar surface area (TPSA) is 377 Å². The quantitative estimate of drug-likeness (QED) is 0.0334. The maximum Gasteiger partial charge on any atom is 0.327 e. The van der Waals surface area contributed by atoms with E-state index in [0.717, 1.165) is 30.1 Å². The van der Waals surface area contributed by atoms with Crippen LogP contribution in [0.4, 0.5) is 0 Å². The van der Waals surface area contributed by atoms with E-state index in [4.69, 9.17) is 17.2 Å². The maximum atomic E-state index is 14.0. The standard InChI is InChI=1S/C34H46IN11O12S2/c35-17-7-5-16(6-8-17)27(51)44-21-14-59-60-15-22(33(57)58)45-29(53)19(12-26(49)50)41-25(48)13-40-28(52)18(3-1-9-39-34(37)38)42-31(55)23-4-2-10-46(23)32(56)20(11-24(36)47)43-30(21)54/h5-8,18-23H,1-4,9-15H2,(H2,36,47)(H,40,52)(H,41,48)(H,42,55)(H,43,54)(H,44,51)(H,45,53)(H,49,50)(H,57,58)(H4,37,38,39)/t18-,19-,20-,21-,22-,23-/m0/s1. The number of nitrogens with two attached hydrogens (primary N) is 3. The first kappa shape index (κ1) is 49.0. The van der Waals surface area contributed by atoms with E-state index < -0.39 is 115 Å². The van der Waals surface area contributed by atoms with Gasteiger partial charge < -0.3 is 64.2 Å². The van der Waals surface area contributed by atoms with Gasteiger partial charge in [-0.3, -0.25) is 48.1 Å². The van der Waals surface area contributed by atoms with Crippen LogP contribution in [0, 0.1) is 3.57 Å². The van der Waals surface area contributed by atoms with Gasteiger partial charge in [0.1, 0.15) is 36.3 Å². The predicted octanol–water partition coefficient (Wildman–Crippen LogP) is -3.68. The number of nitrogens with zero attached hydrogens (tertiary/aromatic N) is 2. The minimum Gasteiger partial charge on any atom is -0.481 e. The van der Waals surface area contributed by atoms with E-state index >= 15 is 0 Å². The van der Waals surface area contributed by atoms with Crippen LogP contribution in [0.5, 0.6) is 0 Å². The van der Waals surface area contributed by atoms with Gasteiger partial charge in [-0.1, -0.05) is 21.6 Å². The second kappa shape index (κ2) is 24.0. The molecule has 2 heterocycles. The molecule has 0 bridgehead atoms. The molecule has 0 aliphatic carbocycles. The lowest BCUT2D eigenvalue weighted by Crippen LogP contribution is -2.59. The van der Waals surface area contributed by atoms with Gasteiger partial charge in [-0.2, -0.15) is 0 Å². The Labute approximate surface area is 364 Å². The second-order valence-corrected chi connectivity index (χ2v) is 17.2. The number of fused-ring (bicyclic) bond motifs is 1. The van der Waals surface area contributed by atoms with Crippen LogP contribution in [0.3, 0.4) is 0 Å². The van der Waals surface area contributed by atoms with E-state index in [1.807, 2.05) is 22.6 Å². The molecule has 0 saturated carbocycles. The monoisotopic (exact) mass is 991 g/mol. The highest BCUT2D eigenvalue weighted by Crippen LogP contribution is 2.24. The molecule has 26 heteroatoms. The summed E-state index contributed by atoms with van der Waals surface area (Å²) in [7, 11) is 1.75. The lowest BCUT2D eigenvalue weighted by molar-refractivity contribution is -0.143. The van der Waals surface area contributed by atoms with Gasteiger partial charge >= 0.3 is 11.9 Å². The number of aliphatic imine (C=N–C) groups is 1. The van der Waals surface area contributed by atoms with Crippen LogP contribution in [0.25, 0.3) is 0 Å². The summed E-state index contributed by atoms with van der Waals surface area (Å²) in [5, 5.41) is 33.5. The molecular weight excluding hydrogens is 945 g/mol. The first-order chi connectivity index (χ1) is 28.4. The molecule has 0 aromatic heterocycles. The third kappa shape index (κ3) is 16.0. The van der Waals surface area contributed by atoms with Gasteiger partial charge in [0.15, 0.2) is 5.96 Å². The number of carboxylic acid groups (broad SMARTS) is 2. The number of halogens is 1. The van der Waals surface area contributed by atoms with Crippen molar-refractivity contribution in [1.82, 2.24) is 36.8 Å². The fourth-order valence-electron chi connectivity index (χ4n) is 5.84. The number of carbonyl (C=O) groups is 10. The molecule has 2 aliphatic heterocycles. The van der Waals surface area contributed by atoms with Crippen molar-refractivity contribution in [1.29, 1.82) is 0 Å². The first-order valence-electron chi connectivity index (χ1n) is 18.2. The molecule has 1 aromatic carbocycles. The number of nitrogens with one attached hydrogen (secondary N) is 6. The number of primary amides is 1.